The molecule has 1 aliphatic heterocycles. The Morgan fingerprint density at radius 3 is 2.40 bits per heavy atom. The molecule has 2 heterocycles. The van der Waals surface area contributed by atoms with Gasteiger partial charge in [0, 0.05) is 41.4 Å². The Bertz CT molecular complexity index is 1040. The smallest absolute Gasteiger partial charge is 0.271 e. The topological polar surface area (TPSA) is 55.2 Å². The Morgan fingerprint density at radius 2 is 1.68 bits per heavy atom. The highest BCUT2D eigenvalue weighted by Gasteiger charge is 2.25. The first-order valence-corrected chi connectivity index (χ1v) is 8.16. The van der Waals surface area contributed by atoms with E-state index in [1.807, 2.05) is 18.2 Å². The van der Waals surface area contributed by atoms with Gasteiger partial charge in [-0.2, -0.15) is 9.78 Å². The Morgan fingerprint density at radius 1 is 1.00 bits per heavy atom. The van der Waals surface area contributed by atoms with E-state index in [0.717, 1.165) is 11.1 Å². The lowest BCUT2D eigenvalue weighted by molar-refractivity contribution is 0.0788. The number of hydrogen-bond donors (Lipinski definition) is 0. The van der Waals surface area contributed by atoms with Gasteiger partial charge in [0.15, 0.2) is 0 Å². The van der Waals surface area contributed by atoms with Gasteiger partial charge in [-0.3, -0.25) is 9.59 Å². The van der Waals surface area contributed by atoms with Gasteiger partial charge in [-0.05, 0) is 30.3 Å². The molecule has 5 nitrogen and oxygen atoms in total. The summed E-state index contributed by atoms with van der Waals surface area (Å²) in [5.74, 6) is -0.0842. The molecule has 1 aliphatic rings. The molecule has 2 aromatic carbocycles. The molecule has 4 rings (SSSR count). The predicted molar refractivity (Wildman–Crippen MR) is 96.1 cm³/mol. The number of amides is 1. The number of hydrogen-bond acceptors (Lipinski definition) is 3. The van der Waals surface area contributed by atoms with Crippen molar-refractivity contribution in [1.29, 1.82) is 0 Å². The highest BCUT2D eigenvalue weighted by molar-refractivity contribution is 6.30. The Kier molecular flexibility index (Phi) is 3.66. The summed E-state index contributed by atoms with van der Waals surface area (Å²) in [7, 11) is 1.72. The van der Waals surface area contributed by atoms with Crippen LogP contribution in [0.25, 0.3) is 16.9 Å². The van der Waals surface area contributed by atoms with Crippen molar-refractivity contribution >= 4 is 17.5 Å². The van der Waals surface area contributed by atoms with Crippen LogP contribution < -0.4 is 5.56 Å². The van der Waals surface area contributed by atoms with E-state index in [9.17, 15) is 9.59 Å². The van der Waals surface area contributed by atoms with Crippen molar-refractivity contribution in [2.24, 2.45) is 0 Å². The van der Waals surface area contributed by atoms with Gasteiger partial charge in [-0.25, -0.2) is 0 Å². The lowest BCUT2D eigenvalue weighted by Crippen LogP contribution is -2.26. The van der Waals surface area contributed by atoms with Gasteiger partial charge in [0.1, 0.15) is 0 Å². The summed E-state index contributed by atoms with van der Waals surface area (Å²) >= 11 is 5.92. The van der Waals surface area contributed by atoms with Crippen LogP contribution in [0, 0.1) is 0 Å². The fraction of sp³-hybridized carbons (Fsp3) is 0.105. The molecule has 0 saturated carbocycles. The van der Waals surface area contributed by atoms with Crippen molar-refractivity contribution in [2.45, 2.75) is 6.54 Å². The van der Waals surface area contributed by atoms with Gasteiger partial charge in [0.05, 0.1) is 11.4 Å². The second-order valence-corrected chi connectivity index (χ2v) is 6.39. The van der Waals surface area contributed by atoms with E-state index in [1.54, 1.807) is 48.3 Å². The number of carbonyl (C=O) groups is 1. The highest BCUT2D eigenvalue weighted by atomic mass is 35.5. The van der Waals surface area contributed by atoms with Gasteiger partial charge >= 0.3 is 0 Å². The maximum Gasteiger partial charge on any atom is 0.271 e. The molecule has 3 aromatic rings. The molecule has 6 heteroatoms. The number of rotatable bonds is 1. The molecule has 0 radical (unpaired) electrons. The van der Waals surface area contributed by atoms with Crippen LogP contribution in [-0.2, 0) is 6.54 Å². The van der Waals surface area contributed by atoms with Crippen LogP contribution in [0.15, 0.2) is 59.4 Å². The molecule has 0 saturated heterocycles. The van der Waals surface area contributed by atoms with E-state index in [-0.39, 0.29) is 11.5 Å². The summed E-state index contributed by atoms with van der Waals surface area (Å²) in [5, 5.41) is 5.15. The predicted octanol–water partition coefficient (Wildman–Crippen LogP) is 3.14. The molecule has 1 aromatic heterocycles. The maximum absolute atomic E-state index is 12.6. The van der Waals surface area contributed by atoms with Crippen molar-refractivity contribution in [3.63, 3.8) is 0 Å². The molecule has 124 valence electrons. The van der Waals surface area contributed by atoms with Crippen molar-refractivity contribution in [2.75, 3.05) is 7.05 Å². The monoisotopic (exact) mass is 351 g/mol. The Balaban J connectivity index is 1.99. The molecule has 0 atom stereocenters. The molecule has 0 spiro atoms. The summed E-state index contributed by atoms with van der Waals surface area (Å²) in [6, 6.07) is 15.8. The third-order valence-corrected chi connectivity index (χ3v) is 4.50. The zero-order chi connectivity index (χ0) is 17.6. The van der Waals surface area contributed by atoms with Crippen LogP contribution in [0.2, 0.25) is 5.02 Å². The summed E-state index contributed by atoms with van der Waals surface area (Å²) in [5.41, 5.74) is 3.06. The fourth-order valence-electron chi connectivity index (χ4n) is 3.02. The zero-order valence-electron chi connectivity index (χ0n) is 13.4. The second-order valence-electron chi connectivity index (χ2n) is 5.95. The SMILES string of the molecule is CN1Cc2cc(=O)n(-c3ccc(Cl)cc3)nc2-c2ccccc2C1=O. The molecule has 0 bridgehead atoms. The molecule has 0 aliphatic carbocycles. The van der Waals surface area contributed by atoms with Gasteiger partial charge < -0.3 is 4.90 Å². The van der Waals surface area contributed by atoms with Crippen LogP contribution in [0.5, 0.6) is 0 Å². The first-order valence-electron chi connectivity index (χ1n) is 7.78. The molecule has 0 N–H and O–H groups in total. The number of aromatic nitrogens is 2. The average molecular weight is 352 g/mol. The van der Waals surface area contributed by atoms with E-state index in [2.05, 4.69) is 5.10 Å². The largest absolute Gasteiger partial charge is 0.337 e. The van der Waals surface area contributed by atoms with Gasteiger partial charge in [0.2, 0.25) is 0 Å². The molecule has 0 unspecified atom stereocenters. The number of nitrogens with zero attached hydrogens (tertiary/aromatic N) is 3. The van der Waals surface area contributed by atoms with Crippen molar-refractivity contribution in [1.82, 2.24) is 14.7 Å². The minimum atomic E-state index is -0.249. The van der Waals surface area contributed by atoms with Crippen LogP contribution in [0.4, 0.5) is 0 Å². The standard InChI is InChI=1S/C19H14ClN3O2/c1-22-11-12-10-17(24)23(14-8-6-13(20)7-9-14)21-18(12)15-4-2-3-5-16(15)19(22)25/h2-10H,11H2,1H3. The lowest BCUT2D eigenvalue weighted by Gasteiger charge is -2.14. The first kappa shape index (κ1) is 15.6. The van der Waals surface area contributed by atoms with E-state index < -0.39 is 0 Å². The minimum Gasteiger partial charge on any atom is -0.337 e. The van der Waals surface area contributed by atoms with Gasteiger partial charge in [0.25, 0.3) is 11.5 Å². The molecular weight excluding hydrogens is 338 g/mol. The van der Waals surface area contributed by atoms with E-state index in [4.69, 9.17) is 11.6 Å². The average Bonchev–Trinajstić information content (AvgIpc) is 2.71. The first-order chi connectivity index (χ1) is 12.0. The van der Waals surface area contributed by atoms with Crippen molar-refractivity contribution in [3.05, 3.63) is 81.1 Å². The quantitative estimate of drug-likeness (QED) is 0.676. The second kappa shape index (κ2) is 5.86. The van der Waals surface area contributed by atoms with Crippen LogP contribution in [-0.4, -0.2) is 27.6 Å². The normalized spacial score (nSPS) is 13.2. The van der Waals surface area contributed by atoms with E-state index in [1.165, 1.54) is 4.68 Å². The molecule has 1 amide bonds. The van der Waals surface area contributed by atoms with Gasteiger partial charge in [-0.1, -0.05) is 29.8 Å². The lowest BCUT2D eigenvalue weighted by atomic mass is 10.0. The zero-order valence-corrected chi connectivity index (χ0v) is 14.2. The molecule has 0 fully saturated rings. The van der Waals surface area contributed by atoms with Crippen molar-refractivity contribution < 1.29 is 4.79 Å². The summed E-state index contributed by atoms with van der Waals surface area (Å²) in [6.45, 7) is 0.340. The van der Waals surface area contributed by atoms with Crippen LogP contribution in [0.3, 0.4) is 0 Å². The third-order valence-electron chi connectivity index (χ3n) is 4.25. The number of fused-ring (bicyclic) bond motifs is 3. The fourth-order valence-corrected chi connectivity index (χ4v) is 3.14. The van der Waals surface area contributed by atoms with Crippen LogP contribution in [0.1, 0.15) is 15.9 Å². The summed E-state index contributed by atoms with van der Waals surface area (Å²) < 4.78 is 1.34. The van der Waals surface area contributed by atoms with E-state index >= 15 is 0 Å². The summed E-state index contributed by atoms with van der Waals surface area (Å²) in [4.78, 5) is 26.7. The third kappa shape index (κ3) is 2.62. The van der Waals surface area contributed by atoms with Crippen LogP contribution >= 0.6 is 11.6 Å². The molecule has 25 heavy (non-hydrogen) atoms. The van der Waals surface area contributed by atoms with E-state index in [0.29, 0.717) is 28.5 Å². The Labute approximate surface area is 149 Å². The maximum atomic E-state index is 12.6. The highest BCUT2D eigenvalue weighted by Crippen LogP contribution is 2.29. The molecular formula is C19H14ClN3O2. The number of halogens is 1. The minimum absolute atomic E-state index is 0.0842. The Hall–Kier alpha value is -2.92. The number of carbonyl (C=O) groups excluding carboxylic acids is 1. The van der Waals surface area contributed by atoms with Gasteiger partial charge in [-0.15, -0.1) is 0 Å². The van der Waals surface area contributed by atoms with Crippen molar-refractivity contribution in [3.8, 4) is 16.9 Å². The summed E-state index contributed by atoms with van der Waals surface area (Å²) in [6.07, 6.45) is 0. The number of benzene rings is 2.